The van der Waals surface area contributed by atoms with Gasteiger partial charge in [0.25, 0.3) is 0 Å². The van der Waals surface area contributed by atoms with E-state index in [1.807, 2.05) is 52.0 Å². The highest BCUT2D eigenvalue weighted by Crippen LogP contribution is 2.07. The van der Waals surface area contributed by atoms with Gasteiger partial charge in [-0.25, -0.2) is 0 Å². The Kier molecular flexibility index (Phi) is 19.7. The van der Waals surface area contributed by atoms with Crippen LogP contribution in [0.1, 0.15) is 54.0 Å². The summed E-state index contributed by atoms with van der Waals surface area (Å²) in [5.41, 5.74) is 7.38. The standard InChI is InChI=1S/C11H15NO2.2C2H6.CH4/c1-2-14-11(13)8-5-9-3-6-10(12)7-4-9;2*1-2;/h3-4,6-7H,2,5,8,12H2,1H3;2*1-2H3;1H4. The van der Waals surface area contributed by atoms with Crippen LogP contribution >= 0.6 is 0 Å². The molecule has 0 heterocycles. The molecule has 1 aromatic carbocycles. The highest BCUT2D eigenvalue weighted by Gasteiger charge is 2.01. The third kappa shape index (κ3) is 12.7. The Morgan fingerprint density at radius 1 is 1.11 bits per heavy atom. The summed E-state index contributed by atoms with van der Waals surface area (Å²) in [6, 6.07) is 7.52. The molecule has 0 aliphatic carbocycles. The van der Waals surface area contributed by atoms with Crippen LogP contribution in [0.25, 0.3) is 0 Å². The molecule has 0 atom stereocenters. The Morgan fingerprint density at radius 3 is 2.00 bits per heavy atom. The first-order valence-electron chi connectivity index (χ1n) is 6.72. The summed E-state index contributed by atoms with van der Waals surface area (Å²) in [5, 5.41) is 0. The molecule has 112 valence electrons. The monoisotopic (exact) mass is 269 g/mol. The minimum Gasteiger partial charge on any atom is -0.466 e. The van der Waals surface area contributed by atoms with Gasteiger partial charge in [0, 0.05) is 12.1 Å². The first-order valence-corrected chi connectivity index (χ1v) is 6.72. The molecule has 0 saturated carbocycles. The van der Waals surface area contributed by atoms with E-state index < -0.39 is 0 Å². The molecule has 3 heteroatoms. The van der Waals surface area contributed by atoms with E-state index in [1.165, 1.54) is 0 Å². The Labute approximate surface area is 119 Å². The molecule has 1 rings (SSSR count). The molecule has 0 aromatic heterocycles. The molecule has 0 aliphatic rings. The van der Waals surface area contributed by atoms with Crippen LogP contribution in [0.5, 0.6) is 0 Å². The van der Waals surface area contributed by atoms with Crippen LogP contribution in [0.3, 0.4) is 0 Å². The van der Waals surface area contributed by atoms with Gasteiger partial charge in [0.2, 0.25) is 0 Å². The van der Waals surface area contributed by atoms with Crippen LogP contribution < -0.4 is 5.73 Å². The zero-order valence-corrected chi connectivity index (χ0v) is 12.3. The minimum atomic E-state index is -0.149. The van der Waals surface area contributed by atoms with Crippen LogP contribution in [0.4, 0.5) is 5.69 Å². The summed E-state index contributed by atoms with van der Waals surface area (Å²) in [6.45, 7) is 10.3. The molecule has 1 aromatic rings. The highest BCUT2D eigenvalue weighted by atomic mass is 16.5. The Morgan fingerprint density at radius 2 is 1.58 bits per heavy atom. The van der Waals surface area contributed by atoms with Gasteiger partial charge < -0.3 is 10.5 Å². The Hall–Kier alpha value is -1.51. The van der Waals surface area contributed by atoms with Gasteiger partial charge in [-0.1, -0.05) is 47.3 Å². The molecule has 19 heavy (non-hydrogen) atoms. The second-order valence-electron chi connectivity index (χ2n) is 3.05. The van der Waals surface area contributed by atoms with Crippen LogP contribution in [0.15, 0.2) is 24.3 Å². The quantitative estimate of drug-likeness (QED) is 0.649. The number of ether oxygens (including phenoxy) is 1. The lowest BCUT2D eigenvalue weighted by molar-refractivity contribution is -0.143. The van der Waals surface area contributed by atoms with E-state index in [2.05, 4.69) is 0 Å². The van der Waals surface area contributed by atoms with Crippen molar-refractivity contribution in [2.24, 2.45) is 0 Å². The molecule has 0 saturated heterocycles. The number of carbonyl (C=O) groups is 1. The summed E-state index contributed by atoms with van der Waals surface area (Å²) in [5.74, 6) is -0.149. The van der Waals surface area contributed by atoms with Crippen LogP contribution in [-0.2, 0) is 16.0 Å². The average Bonchev–Trinajstić information content (AvgIpc) is 2.43. The zero-order chi connectivity index (χ0) is 14.4. The number of hydrogen-bond donors (Lipinski definition) is 1. The van der Waals surface area contributed by atoms with Crippen molar-refractivity contribution in [1.29, 1.82) is 0 Å². The summed E-state index contributed by atoms with van der Waals surface area (Å²) in [4.78, 5) is 11.0. The van der Waals surface area contributed by atoms with Crippen molar-refractivity contribution in [2.45, 2.75) is 54.9 Å². The number of benzene rings is 1. The molecule has 0 unspecified atom stereocenters. The summed E-state index contributed by atoms with van der Waals surface area (Å²) in [6.07, 6.45) is 1.14. The maximum atomic E-state index is 11.0. The third-order valence-electron chi connectivity index (χ3n) is 1.90. The minimum absolute atomic E-state index is 0. The Balaban J connectivity index is -0.000000467. The van der Waals surface area contributed by atoms with Gasteiger partial charge in [-0.05, 0) is 31.0 Å². The number of aryl methyl sites for hydroxylation is 1. The van der Waals surface area contributed by atoms with E-state index in [4.69, 9.17) is 10.5 Å². The Bertz CT molecular complexity index is 294. The van der Waals surface area contributed by atoms with Gasteiger partial charge >= 0.3 is 5.97 Å². The summed E-state index contributed by atoms with van der Waals surface area (Å²) >= 11 is 0. The number of carbonyl (C=O) groups excluding carboxylic acids is 1. The van der Waals surface area contributed by atoms with E-state index >= 15 is 0 Å². The van der Waals surface area contributed by atoms with Gasteiger partial charge in [-0.3, -0.25) is 4.79 Å². The molecule has 0 radical (unpaired) electrons. The molecule has 3 nitrogen and oxygen atoms in total. The molecule has 2 N–H and O–H groups in total. The fourth-order valence-electron chi connectivity index (χ4n) is 1.16. The van der Waals surface area contributed by atoms with Crippen molar-refractivity contribution in [3.05, 3.63) is 29.8 Å². The highest BCUT2D eigenvalue weighted by molar-refractivity contribution is 5.69. The maximum Gasteiger partial charge on any atom is 0.306 e. The second-order valence-corrected chi connectivity index (χ2v) is 3.05. The normalized spacial score (nSPS) is 7.84. The van der Waals surface area contributed by atoms with Crippen molar-refractivity contribution in [3.63, 3.8) is 0 Å². The lowest BCUT2D eigenvalue weighted by atomic mass is 10.1. The van der Waals surface area contributed by atoms with Crippen molar-refractivity contribution in [2.75, 3.05) is 12.3 Å². The molecular weight excluding hydrogens is 238 g/mol. The smallest absolute Gasteiger partial charge is 0.306 e. The predicted octanol–water partition coefficient (Wildman–Crippen LogP) is 4.45. The number of hydrogen-bond acceptors (Lipinski definition) is 3. The largest absolute Gasteiger partial charge is 0.466 e. The predicted molar refractivity (Wildman–Crippen MR) is 85.2 cm³/mol. The first kappa shape index (κ1) is 22.7. The van der Waals surface area contributed by atoms with E-state index in [9.17, 15) is 4.79 Å². The maximum absolute atomic E-state index is 11.0. The average molecular weight is 269 g/mol. The number of nitrogens with two attached hydrogens (primary N) is 1. The van der Waals surface area contributed by atoms with Gasteiger partial charge in [0.05, 0.1) is 6.61 Å². The van der Waals surface area contributed by atoms with Crippen LogP contribution in [0, 0.1) is 0 Å². The molecule has 0 fully saturated rings. The van der Waals surface area contributed by atoms with Crippen molar-refractivity contribution >= 4 is 11.7 Å². The van der Waals surface area contributed by atoms with Crippen molar-refractivity contribution in [1.82, 2.24) is 0 Å². The topological polar surface area (TPSA) is 52.3 Å². The number of esters is 1. The number of nitrogen functional groups attached to an aromatic ring is 1. The van der Waals surface area contributed by atoms with Crippen LogP contribution in [-0.4, -0.2) is 12.6 Å². The molecule has 0 spiro atoms. The fourth-order valence-corrected chi connectivity index (χ4v) is 1.16. The van der Waals surface area contributed by atoms with E-state index in [0.29, 0.717) is 19.4 Å². The van der Waals surface area contributed by atoms with Crippen molar-refractivity contribution in [3.8, 4) is 0 Å². The third-order valence-corrected chi connectivity index (χ3v) is 1.90. The van der Waals surface area contributed by atoms with E-state index in [0.717, 1.165) is 11.3 Å². The zero-order valence-electron chi connectivity index (χ0n) is 12.3. The van der Waals surface area contributed by atoms with Gasteiger partial charge in [-0.2, -0.15) is 0 Å². The summed E-state index contributed by atoms with van der Waals surface area (Å²) < 4.78 is 4.82. The lowest BCUT2D eigenvalue weighted by Gasteiger charge is -2.02. The first-order chi connectivity index (χ1) is 8.72. The van der Waals surface area contributed by atoms with Gasteiger partial charge in [0.1, 0.15) is 0 Å². The second kappa shape index (κ2) is 16.5. The molecule has 0 aliphatic heterocycles. The van der Waals surface area contributed by atoms with Crippen molar-refractivity contribution < 1.29 is 9.53 Å². The molecule has 0 amide bonds. The van der Waals surface area contributed by atoms with E-state index in [-0.39, 0.29) is 13.4 Å². The number of anilines is 1. The SMILES string of the molecule is C.CC.CC.CCOC(=O)CCc1ccc(N)cc1. The number of rotatable bonds is 4. The van der Waals surface area contributed by atoms with Gasteiger partial charge in [0.15, 0.2) is 0 Å². The van der Waals surface area contributed by atoms with Crippen LogP contribution in [0.2, 0.25) is 0 Å². The van der Waals surface area contributed by atoms with E-state index in [1.54, 1.807) is 6.92 Å². The molecule has 0 bridgehead atoms. The molecular formula is C16H31NO2. The summed E-state index contributed by atoms with van der Waals surface area (Å²) in [7, 11) is 0. The van der Waals surface area contributed by atoms with Gasteiger partial charge in [-0.15, -0.1) is 0 Å². The lowest BCUT2D eigenvalue weighted by Crippen LogP contribution is -2.05. The fraction of sp³-hybridized carbons (Fsp3) is 0.562.